The first-order valence-electron chi connectivity index (χ1n) is 4.89. The van der Waals surface area contributed by atoms with E-state index >= 15 is 0 Å². The minimum Gasteiger partial charge on any atom is -0.338 e. The number of aromatic nitrogens is 2. The maximum absolute atomic E-state index is 5.15. The molecule has 1 N–H and O–H groups in total. The quantitative estimate of drug-likeness (QED) is 0.766. The molecule has 0 radical (unpaired) electrons. The summed E-state index contributed by atoms with van der Waals surface area (Å²) >= 11 is 0. The molecule has 1 atom stereocenters. The van der Waals surface area contributed by atoms with Crippen molar-refractivity contribution in [3.63, 3.8) is 0 Å². The number of nitrogens with zero attached hydrogens (tertiary/aromatic N) is 2. The SMILES string of the molecule is CCCC1(c2ncno2)CCCN1. The van der Waals surface area contributed by atoms with Crippen molar-refractivity contribution in [2.24, 2.45) is 0 Å². The molecule has 4 heteroatoms. The molecule has 72 valence electrons. The van der Waals surface area contributed by atoms with Crippen molar-refractivity contribution < 1.29 is 4.52 Å². The monoisotopic (exact) mass is 181 g/mol. The highest BCUT2D eigenvalue weighted by Gasteiger charge is 2.38. The molecule has 1 aromatic rings. The van der Waals surface area contributed by atoms with E-state index in [4.69, 9.17) is 4.52 Å². The molecule has 1 unspecified atom stereocenters. The molecule has 0 spiro atoms. The van der Waals surface area contributed by atoms with Gasteiger partial charge >= 0.3 is 0 Å². The molecule has 1 aliphatic rings. The molecule has 1 aliphatic heterocycles. The smallest absolute Gasteiger partial charge is 0.246 e. The summed E-state index contributed by atoms with van der Waals surface area (Å²) in [7, 11) is 0. The van der Waals surface area contributed by atoms with E-state index in [1.54, 1.807) is 0 Å². The summed E-state index contributed by atoms with van der Waals surface area (Å²) in [6.07, 6.45) is 6.00. The molecule has 4 nitrogen and oxygen atoms in total. The van der Waals surface area contributed by atoms with E-state index < -0.39 is 0 Å². The van der Waals surface area contributed by atoms with Gasteiger partial charge in [-0.3, -0.25) is 0 Å². The van der Waals surface area contributed by atoms with E-state index in [-0.39, 0.29) is 5.54 Å². The third-order valence-corrected chi connectivity index (χ3v) is 2.69. The van der Waals surface area contributed by atoms with Crippen molar-refractivity contribution in [3.8, 4) is 0 Å². The van der Waals surface area contributed by atoms with Gasteiger partial charge in [0.2, 0.25) is 5.89 Å². The first-order valence-corrected chi connectivity index (χ1v) is 4.89. The van der Waals surface area contributed by atoms with Crippen LogP contribution in [0.15, 0.2) is 10.9 Å². The highest BCUT2D eigenvalue weighted by atomic mass is 16.5. The first kappa shape index (κ1) is 8.69. The second-order valence-electron chi connectivity index (χ2n) is 3.61. The third kappa shape index (κ3) is 1.46. The molecule has 1 aromatic heterocycles. The molecule has 1 fully saturated rings. The Morgan fingerprint density at radius 3 is 3.15 bits per heavy atom. The van der Waals surface area contributed by atoms with Crippen LogP contribution < -0.4 is 5.32 Å². The van der Waals surface area contributed by atoms with E-state index in [0.29, 0.717) is 0 Å². The molecular formula is C9H15N3O. The summed E-state index contributed by atoms with van der Waals surface area (Å²) in [6.45, 7) is 3.24. The molecule has 13 heavy (non-hydrogen) atoms. The first-order chi connectivity index (χ1) is 6.37. The number of nitrogens with one attached hydrogen (secondary N) is 1. The summed E-state index contributed by atoms with van der Waals surface area (Å²) < 4.78 is 5.15. The largest absolute Gasteiger partial charge is 0.338 e. The van der Waals surface area contributed by atoms with E-state index in [1.807, 2.05) is 0 Å². The van der Waals surface area contributed by atoms with Gasteiger partial charge in [0, 0.05) is 0 Å². The molecule has 2 rings (SSSR count). The van der Waals surface area contributed by atoms with Gasteiger partial charge in [-0.05, 0) is 25.8 Å². The van der Waals surface area contributed by atoms with Gasteiger partial charge in [0.1, 0.15) is 0 Å². The second kappa shape index (κ2) is 3.46. The molecular weight excluding hydrogens is 166 g/mol. The Morgan fingerprint density at radius 2 is 2.62 bits per heavy atom. The summed E-state index contributed by atoms with van der Waals surface area (Å²) in [6, 6.07) is 0. The van der Waals surface area contributed by atoms with Crippen molar-refractivity contribution in [3.05, 3.63) is 12.2 Å². The lowest BCUT2D eigenvalue weighted by Crippen LogP contribution is -2.36. The van der Waals surface area contributed by atoms with Gasteiger partial charge in [-0.2, -0.15) is 4.98 Å². The van der Waals surface area contributed by atoms with Crippen LogP contribution in [0.1, 0.15) is 38.5 Å². The molecule has 1 saturated heterocycles. The topological polar surface area (TPSA) is 51.0 Å². The second-order valence-corrected chi connectivity index (χ2v) is 3.61. The van der Waals surface area contributed by atoms with Gasteiger partial charge < -0.3 is 9.84 Å². The third-order valence-electron chi connectivity index (χ3n) is 2.69. The fourth-order valence-electron chi connectivity index (χ4n) is 2.12. The molecule has 0 aromatic carbocycles. The van der Waals surface area contributed by atoms with Gasteiger partial charge in [-0.15, -0.1) is 0 Å². The Balaban J connectivity index is 2.22. The van der Waals surface area contributed by atoms with Crippen LogP contribution in [-0.2, 0) is 5.54 Å². The van der Waals surface area contributed by atoms with Gasteiger partial charge in [-0.1, -0.05) is 18.5 Å². The normalized spacial score (nSPS) is 28.1. The minimum absolute atomic E-state index is 0.0226. The van der Waals surface area contributed by atoms with Crippen molar-refractivity contribution in [1.82, 2.24) is 15.5 Å². The number of hydrogen-bond acceptors (Lipinski definition) is 4. The van der Waals surface area contributed by atoms with E-state index in [1.165, 1.54) is 12.7 Å². The highest BCUT2D eigenvalue weighted by Crippen LogP contribution is 2.33. The van der Waals surface area contributed by atoms with Crippen LogP contribution in [0.5, 0.6) is 0 Å². The maximum Gasteiger partial charge on any atom is 0.246 e. The van der Waals surface area contributed by atoms with Crippen LogP contribution in [0.4, 0.5) is 0 Å². The predicted octanol–water partition coefficient (Wildman–Crippen LogP) is 1.45. The summed E-state index contributed by atoms with van der Waals surface area (Å²) in [5, 5.41) is 7.15. The Bertz CT molecular complexity index is 252. The van der Waals surface area contributed by atoms with Crippen LogP contribution >= 0.6 is 0 Å². The van der Waals surface area contributed by atoms with Crippen LogP contribution in [0.3, 0.4) is 0 Å². The number of rotatable bonds is 3. The van der Waals surface area contributed by atoms with Crippen molar-refractivity contribution >= 4 is 0 Å². The lowest BCUT2D eigenvalue weighted by atomic mass is 9.92. The fourth-order valence-corrected chi connectivity index (χ4v) is 2.12. The zero-order valence-electron chi connectivity index (χ0n) is 7.92. The Morgan fingerprint density at radius 1 is 1.69 bits per heavy atom. The zero-order valence-corrected chi connectivity index (χ0v) is 7.92. The number of hydrogen-bond donors (Lipinski definition) is 1. The molecule has 0 aliphatic carbocycles. The average molecular weight is 181 g/mol. The summed E-state index contributed by atoms with van der Waals surface area (Å²) in [5.41, 5.74) is -0.0226. The van der Waals surface area contributed by atoms with E-state index in [2.05, 4.69) is 22.4 Å². The van der Waals surface area contributed by atoms with Crippen molar-refractivity contribution in [1.29, 1.82) is 0 Å². The Labute approximate surface area is 77.7 Å². The summed E-state index contributed by atoms with van der Waals surface area (Å²) in [5.74, 6) is 0.756. The molecule has 0 saturated carbocycles. The fraction of sp³-hybridized carbons (Fsp3) is 0.778. The van der Waals surface area contributed by atoms with Crippen molar-refractivity contribution in [2.75, 3.05) is 6.54 Å². The van der Waals surface area contributed by atoms with Crippen LogP contribution in [-0.4, -0.2) is 16.7 Å². The van der Waals surface area contributed by atoms with Crippen LogP contribution in [0.25, 0.3) is 0 Å². The lowest BCUT2D eigenvalue weighted by Gasteiger charge is -2.24. The van der Waals surface area contributed by atoms with Crippen molar-refractivity contribution in [2.45, 2.75) is 38.1 Å². The van der Waals surface area contributed by atoms with E-state index in [0.717, 1.165) is 31.7 Å². The highest BCUT2D eigenvalue weighted by molar-refractivity contribution is 5.04. The van der Waals surface area contributed by atoms with Gasteiger partial charge in [-0.25, -0.2) is 0 Å². The van der Waals surface area contributed by atoms with Gasteiger partial charge in [0.05, 0.1) is 5.54 Å². The minimum atomic E-state index is -0.0226. The Hall–Kier alpha value is -0.900. The average Bonchev–Trinajstić information content (AvgIpc) is 2.73. The predicted molar refractivity (Wildman–Crippen MR) is 48.1 cm³/mol. The summed E-state index contributed by atoms with van der Waals surface area (Å²) in [4.78, 5) is 4.15. The Kier molecular flexibility index (Phi) is 2.31. The lowest BCUT2D eigenvalue weighted by molar-refractivity contribution is 0.241. The molecule has 2 heterocycles. The van der Waals surface area contributed by atoms with E-state index in [9.17, 15) is 0 Å². The maximum atomic E-state index is 5.15. The van der Waals surface area contributed by atoms with Gasteiger partial charge in [0.15, 0.2) is 6.33 Å². The molecule has 0 bridgehead atoms. The van der Waals surface area contributed by atoms with Crippen LogP contribution in [0, 0.1) is 0 Å². The van der Waals surface area contributed by atoms with Crippen LogP contribution in [0.2, 0.25) is 0 Å². The zero-order chi connectivity index (χ0) is 9.15. The van der Waals surface area contributed by atoms with Gasteiger partial charge in [0.25, 0.3) is 0 Å². The molecule has 0 amide bonds. The standard InChI is InChI=1S/C9H15N3O/c1-2-4-9(5-3-6-11-9)8-10-7-12-13-8/h7,11H,2-6H2,1H3.